The fourth-order valence-corrected chi connectivity index (χ4v) is 3.40. The normalized spacial score (nSPS) is 11.8. The van der Waals surface area contributed by atoms with Crippen LogP contribution in [0, 0.1) is 0 Å². The molecule has 1 aromatic carbocycles. The van der Waals surface area contributed by atoms with Crippen LogP contribution in [0.15, 0.2) is 24.3 Å². The summed E-state index contributed by atoms with van der Waals surface area (Å²) < 4.78 is 9.52. The highest BCUT2D eigenvalue weighted by atomic mass is 35.5. The van der Waals surface area contributed by atoms with Gasteiger partial charge in [-0.1, -0.05) is 23.4 Å². The number of carbonyl (C=O) groups excluding carboxylic acids is 5. The quantitative estimate of drug-likeness (QED) is 0.155. The van der Waals surface area contributed by atoms with Crippen molar-refractivity contribution in [2.75, 3.05) is 30.6 Å². The number of thioether (sulfide) groups is 1. The van der Waals surface area contributed by atoms with E-state index in [9.17, 15) is 29.2 Å². The summed E-state index contributed by atoms with van der Waals surface area (Å²) in [6.45, 7) is 3.05. The minimum absolute atomic E-state index is 0. The molecule has 1 aromatic rings. The van der Waals surface area contributed by atoms with Crippen molar-refractivity contribution in [3.63, 3.8) is 0 Å². The van der Waals surface area contributed by atoms with E-state index in [0.29, 0.717) is 21.8 Å². The molecular formula is C21H30Cl2N4O8S. The van der Waals surface area contributed by atoms with Crippen molar-refractivity contribution >= 4 is 70.4 Å². The smallest absolute Gasteiger partial charge is 0.325 e. The van der Waals surface area contributed by atoms with Gasteiger partial charge < -0.3 is 25.8 Å². The van der Waals surface area contributed by atoms with Gasteiger partial charge in [-0.15, -0.1) is 12.4 Å². The van der Waals surface area contributed by atoms with E-state index in [-0.39, 0.29) is 49.9 Å². The zero-order valence-corrected chi connectivity index (χ0v) is 22.1. The van der Waals surface area contributed by atoms with E-state index in [1.165, 1.54) is 24.3 Å². The van der Waals surface area contributed by atoms with E-state index in [4.69, 9.17) is 26.8 Å². The van der Waals surface area contributed by atoms with Crippen LogP contribution >= 0.6 is 35.8 Å². The van der Waals surface area contributed by atoms with Crippen LogP contribution in [-0.2, 0) is 28.7 Å². The Kier molecular flexibility index (Phi) is 16.5. The summed E-state index contributed by atoms with van der Waals surface area (Å²) in [4.78, 5) is 60.4. The molecule has 0 aromatic heterocycles. The number of nitrogens with two attached hydrogens (primary N) is 1. The van der Waals surface area contributed by atoms with Gasteiger partial charge in [-0.3, -0.25) is 29.2 Å². The lowest BCUT2D eigenvalue weighted by Crippen LogP contribution is -2.50. The van der Waals surface area contributed by atoms with Crippen molar-refractivity contribution < 1.29 is 38.7 Å². The molecule has 0 bridgehead atoms. The molecule has 2 atom stereocenters. The predicted octanol–water partition coefficient (Wildman–Crippen LogP) is 1.65. The first-order valence-electron chi connectivity index (χ1n) is 10.6. The van der Waals surface area contributed by atoms with Crippen molar-refractivity contribution in [3.05, 3.63) is 29.3 Å². The second-order valence-electron chi connectivity index (χ2n) is 6.91. The number of hydrogen-bond donors (Lipinski definition) is 4. The van der Waals surface area contributed by atoms with E-state index in [2.05, 4.69) is 10.6 Å². The number of hydroxylamine groups is 1. The molecule has 0 aliphatic heterocycles. The zero-order valence-electron chi connectivity index (χ0n) is 19.7. The van der Waals surface area contributed by atoms with Gasteiger partial charge in [0.1, 0.15) is 18.6 Å². The summed E-state index contributed by atoms with van der Waals surface area (Å²) in [6, 6.07) is 3.52. The number of ether oxygens (including phenoxy) is 2. The van der Waals surface area contributed by atoms with Crippen LogP contribution in [0.5, 0.6) is 0 Å². The Balaban J connectivity index is 0.0000122. The van der Waals surface area contributed by atoms with Gasteiger partial charge >= 0.3 is 17.2 Å². The van der Waals surface area contributed by atoms with E-state index in [1.807, 2.05) is 0 Å². The number of nitrogens with one attached hydrogen (secondary N) is 2. The Hall–Kier alpha value is -2.58. The molecule has 202 valence electrons. The topological polar surface area (TPSA) is 177 Å². The fourth-order valence-electron chi connectivity index (χ4n) is 2.50. The molecule has 0 fully saturated rings. The van der Waals surface area contributed by atoms with Crippen molar-refractivity contribution in [1.29, 1.82) is 0 Å². The highest BCUT2D eigenvalue weighted by molar-refractivity contribution is 8.13. The van der Waals surface area contributed by atoms with Gasteiger partial charge in [-0.05, 0) is 44.5 Å². The number of amides is 3. The lowest BCUT2D eigenvalue weighted by Gasteiger charge is -2.20. The summed E-state index contributed by atoms with van der Waals surface area (Å²) >= 11 is 6.35. The van der Waals surface area contributed by atoms with Crippen LogP contribution in [0.1, 0.15) is 26.7 Å². The molecule has 0 heterocycles. The second-order valence-corrected chi connectivity index (χ2v) is 8.31. The fraction of sp³-hybridized carbons (Fsp3) is 0.476. The monoisotopic (exact) mass is 568 g/mol. The van der Waals surface area contributed by atoms with Gasteiger partial charge in [0.25, 0.3) is 0 Å². The molecule has 0 saturated heterocycles. The number of anilines is 1. The van der Waals surface area contributed by atoms with Gasteiger partial charge in [0.15, 0.2) is 0 Å². The minimum Gasteiger partial charge on any atom is -0.465 e. The Morgan fingerprint density at radius 3 is 2.31 bits per heavy atom. The predicted molar refractivity (Wildman–Crippen MR) is 136 cm³/mol. The third-order valence-electron chi connectivity index (χ3n) is 4.25. The van der Waals surface area contributed by atoms with Crippen molar-refractivity contribution in [3.8, 4) is 0 Å². The number of hydrogen-bond acceptors (Lipinski definition) is 10. The van der Waals surface area contributed by atoms with Gasteiger partial charge in [-0.25, -0.2) is 0 Å². The molecule has 1 rings (SSSR count). The van der Waals surface area contributed by atoms with Crippen LogP contribution in [0.3, 0.4) is 0 Å². The number of rotatable bonds is 13. The lowest BCUT2D eigenvalue weighted by molar-refractivity contribution is -0.145. The van der Waals surface area contributed by atoms with Gasteiger partial charge in [0.05, 0.1) is 18.9 Å². The molecule has 36 heavy (non-hydrogen) atoms. The lowest BCUT2D eigenvalue weighted by atomic mass is 10.1. The average molecular weight is 569 g/mol. The Bertz CT molecular complexity index is 891. The van der Waals surface area contributed by atoms with Crippen molar-refractivity contribution in [1.82, 2.24) is 10.6 Å². The Morgan fingerprint density at radius 2 is 1.72 bits per heavy atom. The van der Waals surface area contributed by atoms with Crippen LogP contribution < -0.4 is 21.4 Å². The zero-order chi connectivity index (χ0) is 26.4. The van der Waals surface area contributed by atoms with E-state index >= 15 is 0 Å². The summed E-state index contributed by atoms with van der Waals surface area (Å²) in [7, 11) is 0. The first kappa shape index (κ1) is 33.4. The number of carbonyl (C=O) groups is 5. The summed E-state index contributed by atoms with van der Waals surface area (Å²) in [5, 5.41) is 14.8. The van der Waals surface area contributed by atoms with Crippen LogP contribution in [0.2, 0.25) is 5.02 Å². The maximum atomic E-state index is 12.6. The summed E-state index contributed by atoms with van der Waals surface area (Å²) in [6.07, 6.45) is -0.230. The largest absolute Gasteiger partial charge is 0.465 e. The molecule has 12 nitrogen and oxygen atoms in total. The van der Waals surface area contributed by atoms with E-state index < -0.39 is 47.6 Å². The molecule has 0 saturated carbocycles. The maximum absolute atomic E-state index is 12.6. The Morgan fingerprint density at radius 1 is 1.11 bits per heavy atom. The number of esters is 2. The molecule has 0 aliphatic rings. The molecule has 3 amide bonds. The highest BCUT2D eigenvalue weighted by Gasteiger charge is 2.25. The van der Waals surface area contributed by atoms with Crippen molar-refractivity contribution in [2.45, 2.75) is 38.8 Å². The van der Waals surface area contributed by atoms with E-state index in [0.717, 1.165) is 0 Å². The first-order chi connectivity index (χ1) is 16.6. The van der Waals surface area contributed by atoms with Gasteiger partial charge in [0.2, 0.25) is 11.8 Å². The van der Waals surface area contributed by atoms with Crippen LogP contribution in [0.4, 0.5) is 10.5 Å². The number of nitrogens with zero attached hydrogens (tertiary/aromatic N) is 1. The average Bonchev–Trinajstić information content (AvgIpc) is 2.83. The van der Waals surface area contributed by atoms with Gasteiger partial charge in [0, 0.05) is 17.2 Å². The third kappa shape index (κ3) is 12.4. The molecule has 2 unspecified atom stereocenters. The molecule has 0 spiro atoms. The number of halogens is 2. The second kappa shape index (κ2) is 17.8. The first-order valence-corrected chi connectivity index (χ1v) is 12.0. The van der Waals surface area contributed by atoms with Crippen LogP contribution in [0.25, 0.3) is 0 Å². The SMILES string of the molecule is CCOC(=O)CNC(=O)C(CSC(=O)N(O)c1ccc(Cl)cc1)NC(=O)CCC(N)C(=O)OCC.Cl. The standard InChI is InChI=1S/C21H29ClN4O8S.ClH/c1-3-33-18(28)11-24-19(29)16(25-17(27)10-9-15(23)20(30)34-4-2)12-35-21(31)26(32)14-7-5-13(22)6-8-14;/h5-8,15-16,32H,3-4,9-12,23H2,1-2H3,(H,24,29)(H,25,27);1H. The highest BCUT2D eigenvalue weighted by Crippen LogP contribution is 2.20. The molecule has 0 radical (unpaired) electrons. The summed E-state index contributed by atoms with van der Waals surface area (Å²) in [5.41, 5.74) is 5.82. The Labute approximate surface area is 223 Å². The van der Waals surface area contributed by atoms with E-state index in [1.54, 1.807) is 13.8 Å². The van der Waals surface area contributed by atoms with Crippen molar-refractivity contribution in [2.24, 2.45) is 5.73 Å². The van der Waals surface area contributed by atoms with Crippen LogP contribution in [-0.4, -0.2) is 71.8 Å². The van der Waals surface area contributed by atoms with Gasteiger partial charge in [-0.2, -0.15) is 5.06 Å². The third-order valence-corrected chi connectivity index (χ3v) is 5.43. The maximum Gasteiger partial charge on any atom is 0.325 e. The molecule has 5 N–H and O–H groups in total. The molecule has 15 heteroatoms. The summed E-state index contributed by atoms with van der Waals surface area (Å²) in [5.74, 6) is -2.98. The minimum atomic E-state index is -1.25. The number of benzene rings is 1. The molecule has 0 aliphatic carbocycles. The molecular weight excluding hydrogens is 539 g/mol.